The lowest BCUT2D eigenvalue weighted by Gasteiger charge is -2.32. The van der Waals surface area contributed by atoms with Gasteiger partial charge in [-0.1, -0.05) is 60.7 Å². The average Bonchev–Trinajstić information content (AvgIpc) is 3.21. The number of amides is 1. The van der Waals surface area contributed by atoms with E-state index in [4.69, 9.17) is 0 Å². The van der Waals surface area contributed by atoms with Gasteiger partial charge in [0.05, 0.1) is 5.69 Å². The lowest BCUT2D eigenvalue weighted by Crippen LogP contribution is -2.44. The Kier molecular flexibility index (Phi) is 5.30. The molecule has 1 fully saturated rings. The molecule has 1 saturated heterocycles. The number of nitrogens with zero attached hydrogens (tertiary/aromatic N) is 2. The number of rotatable bonds is 5. The van der Waals surface area contributed by atoms with Crippen molar-refractivity contribution in [3.05, 3.63) is 78.0 Å². The molecule has 2 aromatic carbocycles. The smallest absolute Gasteiger partial charge is 0.269 e. The highest BCUT2D eigenvalue weighted by Crippen LogP contribution is 2.18. The molecule has 2 N–H and O–H groups in total. The normalized spacial score (nSPS) is 15.6. The zero-order valence-corrected chi connectivity index (χ0v) is 15.3. The number of nitrogens with one attached hydrogen (secondary N) is 2. The van der Waals surface area contributed by atoms with Gasteiger partial charge in [-0.05, 0) is 24.5 Å². The van der Waals surface area contributed by atoms with Crippen molar-refractivity contribution in [1.82, 2.24) is 20.4 Å². The summed E-state index contributed by atoms with van der Waals surface area (Å²) in [5, 5.41) is 10.3. The molecule has 1 amide bonds. The Bertz CT molecular complexity index is 868. The van der Waals surface area contributed by atoms with Crippen LogP contribution >= 0.6 is 0 Å². The Morgan fingerprint density at radius 3 is 2.41 bits per heavy atom. The predicted octanol–water partition coefficient (Wildman–Crippen LogP) is 3.47. The molecule has 1 aliphatic rings. The largest absolute Gasteiger partial charge is 0.348 e. The van der Waals surface area contributed by atoms with Crippen molar-refractivity contribution in [3.63, 3.8) is 0 Å². The van der Waals surface area contributed by atoms with Gasteiger partial charge in [-0.25, -0.2) is 0 Å². The van der Waals surface area contributed by atoms with Crippen LogP contribution in [0.2, 0.25) is 0 Å². The van der Waals surface area contributed by atoms with Crippen molar-refractivity contribution in [3.8, 4) is 11.3 Å². The number of piperidine rings is 1. The molecule has 0 saturated carbocycles. The minimum atomic E-state index is -0.0776. The van der Waals surface area contributed by atoms with E-state index >= 15 is 0 Å². The molecule has 5 heteroatoms. The summed E-state index contributed by atoms with van der Waals surface area (Å²) in [4.78, 5) is 15.0. The summed E-state index contributed by atoms with van der Waals surface area (Å²) in [6.07, 6.45) is 1.94. The SMILES string of the molecule is O=C(NC1CCN(Cc2ccccc2)CC1)c1cc(-c2ccccc2)n[nH]1. The quantitative estimate of drug-likeness (QED) is 0.732. The fraction of sp³-hybridized carbons (Fsp3) is 0.273. The van der Waals surface area contributed by atoms with E-state index in [9.17, 15) is 4.79 Å². The molecule has 138 valence electrons. The molecule has 2 heterocycles. The zero-order valence-electron chi connectivity index (χ0n) is 15.3. The van der Waals surface area contributed by atoms with E-state index in [0.29, 0.717) is 5.69 Å². The molecular weight excluding hydrogens is 336 g/mol. The molecule has 0 bridgehead atoms. The van der Waals surface area contributed by atoms with Crippen LogP contribution in [0, 0.1) is 0 Å². The molecule has 4 rings (SSSR count). The number of likely N-dealkylation sites (tertiary alicyclic amines) is 1. The summed E-state index contributed by atoms with van der Waals surface area (Å²) < 4.78 is 0. The van der Waals surface area contributed by atoms with Crippen LogP contribution in [0.4, 0.5) is 0 Å². The Labute approximate surface area is 159 Å². The third-order valence-corrected chi connectivity index (χ3v) is 5.06. The molecule has 0 atom stereocenters. The van der Waals surface area contributed by atoms with E-state index < -0.39 is 0 Å². The van der Waals surface area contributed by atoms with E-state index in [0.717, 1.165) is 43.7 Å². The van der Waals surface area contributed by atoms with E-state index in [1.807, 2.05) is 42.5 Å². The number of carbonyl (C=O) groups is 1. The lowest BCUT2D eigenvalue weighted by atomic mass is 10.0. The highest BCUT2D eigenvalue weighted by Gasteiger charge is 2.22. The second-order valence-electron chi connectivity index (χ2n) is 7.04. The van der Waals surface area contributed by atoms with E-state index in [-0.39, 0.29) is 11.9 Å². The van der Waals surface area contributed by atoms with Crippen LogP contribution in [0.1, 0.15) is 28.9 Å². The third-order valence-electron chi connectivity index (χ3n) is 5.06. The molecule has 0 aliphatic carbocycles. The first-order valence-corrected chi connectivity index (χ1v) is 9.46. The topological polar surface area (TPSA) is 61.0 Å². The standard InChI is InChI=1S/C22H24N4O/c27-22(21-15-20(24-25-21)18-9-5-2-6-10-18)23-19-11-13-26(14-12-19)16-17-7-3-1-4-8-17/h1-10,15,19H,11-14,16H2,(H,23,27)(H,24,25). The van der Waals surface area contributed by atoms with Gasteiger partial charge in [0.15, 0.2) is 0 Å². The lowest BCUT2D eigenvalue weighted by molar-refractivity contribution is 0.0904. The minimum absolute atomic E-state index is 0.0776. The van der Waals surface area contributed by atoms with Crippen molar-refractivity contribution in [2.45, 2.75) is 25.4 Å². The van der Waals surface area contributed by atoms with Gasteiger partial charge in [0.25, 0.3) is 5.91 Å². The highest BCUT2D eigenvalue weighted by atomic mass is 16.2. The molecule has 3 aromatic rings. The van der Waals surface area contributed by atoms with E-state index in [1.165, 1.54) is 5.56 Å². The van der Waals surface area contributed by atoms with Crippen LogP contribution in [0.15, 0.2) is 66.7 Å². The molecule has 0 radical (unpaired) electrons. The molecule has 27 heavy (non-hydrogen) atoms. The van der Waals surface area contributed by atoms with Gasteiger partial charge in [-0.15, -0.1) is 0 Å². The summed E-state index contributed by atoms with van der Waals surface area (Å²) in [6.45, 7) is 2.97. The minimum Gasteiger partial charge on any atom is -0.348 e. The maximum Gasteiger partial charge on any atom is 0.269 e. The van der Waals surface area contributed by atoms with Crippen LogP contribution < -0.4 is 5.32 Å². The fourth-order valence-corrected chi connectivity index (χ4v) is 3.54. The van der Waals surface area contributed by atoms with E-state index in [1.54, 1.807) is 0 Å². The highest BCUT2D eigenvalue weighted by molar-refractivity contribution is 5.93. The summed E-state index contributed by atoms with van der Waals surface area (Å²) in [7, 11) is 0. The van der Waals surface area contributed by atoms with E-state index in [2.05, 4.69) is 44.7 Å². The number of carbonyl (C=O) groups excluding carboxylic acids is 1. The number of benzene rings is 2. The van der Waals surface area contributed by atoms with Gasteiger partial charge >= 0.3 is 0 Å². The number of hydrogen-bond donors (Lipinski definition) is 2. The van der Waals surface area contributed by atoms with Gasteiger partial charge in [0, 0.05) is 31.2 Å². The summed E-state index contributed by atoms with van der Waals surface area (Å²) in [5.74, 6) is -0.0776. The summed E-state index contributed by atoms with van der Waals surface area (Å²) >= 11 is 0. The molecule has 0 unspecified atom stereocenters. The first kappa shape index (κ1) is 17.5. The fourth-order valence-electron chi connectivity index (χ4n) is 3.54. The second-order valence-corrected chi connectivity index (χ2v) is 7.04. The van der Waals surface area contributed by atoms with Gasteiger partial charge < -0.3 is 5.32 Å². The number of aromatic nitrogens is 2. The Hall–Kier alpha value is -2.92. The number of H-pyrrole nitrogens is 1. The van der Waals surface area contributed by atoms with Crippen LogP contribution in [0.25, 0.3) is 11.3 Å². The molecule has 5 nitrogen and oxygen atoms in total. The van der Waals surface area contributed by atoms with Crippen LogP contribution in [0.3, 0.4) is 0 Å². The molecular formula is C22H24N4O. The van der Waals surface area contributed by atoms with Gasteiger partial charge in [0.2, 0.25) is 0 Å². The van der Waals surface area contributed by atoms with Gasteiger partial charge in [-0.3, -0.25) is 14.8 Å². The van der Waals surface area contributed by atoms with Crippen LogP contribution in [0.5, 0.6) is 0 Å². The monoisotopic (exact) mass is 360 g/mol. The maximum atomic E-state index is 12.5. The van der Waals surface area contributed by atoms with Crippen LogP contribution in [-0.4, -0.2) is 40.1 Å². The summed E-state index contributed by atoms with van der Waals surface area (Å²) in [6, 6.07) is 22.4. The van der Waals surface area contributed by atoms with Crippen molar-refractivity contribution >= 4 is 5.91 Å². The van der Waals surface area contributed by atoms with Crippen molar-refractivity contribution in [1.29, 1.82) is 0 Å². The first-order chi connectivity index (χ1) is 13.3. The third kappa shape index (κ3) is 4.44. The van der Waals surface area contributed by atoms with Crippen LogP contribution in [-0.2, 0) is 6.54 Å². The molecule has 1 aliphatic heterocycles. The average molecular weight is 360 g/mol. The maximum absolute atomic E-state index is 12.5. The Balaban J connectivity index is 1.29. The number of aromatic amines is 1. The van der Waals surface area contributed by atoms with Crippen molar-refractivity contribution < 1.29 is 4.79 Å². The summed E-state index contributed by atoms with van der Waals surface area (Å²) in [5.41, 5.74) is 3.65. The van der Waals surface area contributed by atoms with Crippen molar-refractivity contribution in [2.75, 3.05) is 13.1 Å². The molecule has 0 spiro atoms. The predicted molar refractivity (Wildman–Crippen MR) is 106 cm³/mol. The second kappa shape index (κ2) is 8.18. The Morgan fingerprint density at radius 2 is 1.70 bits per heavy atom. The first-order valence-electron chi connectivity index (χ1n) is 9.46. The van der Waals surface area contributed by atoms with Gasteiger partial charge in [0.1, 0.15) is 5.69 Å². The van der Waals surface area contributed by atoms with Gasteiger partial charge in [-0.2, -0.15) is 5.10 Å². The zero-order chi connectivity index (χ0) is 18.5. The number of hydrogen-bond acceptors (Lipinski definition) is 3. The van der Waals surface area contributed by atoms with Crippen molar-refractivity contribution in [2.24, 2.45) is 0 Å². The molecule has 1 aromatic heterocycles. The Morgan fingerprint density at radius 1 is 1.04 bits per heavy atom.